The molecule has 0 saturated heterocycles. The van der Waals surface area contributed by atoms with Crippen LogP contribution in [0.3, 0.4) is 0 Å². The van der Waals surface area contributed by atoms with Gasteiger partial charge in [0, 0.05) is 4.88 Å². The molecule has 0 unspecified atom stereocenters. The Hall–Kier alpha value is -3.38. The topological polar surface area (TPSA) is 71.3 Å². The van der Waals surface area contributed by atoms with Gasteiger partial charge in [0.05, 0.1) is 24.8 Å². The molecule has 31 heavy (non-hydrogen) atoms. The molecule has 1 aliphatic rings. The lowest BCUT2D eigenvalue weighted by Crippen LogP contribution is -2.25. The van der Waals surface area contributed by atoms with Crippen molar-refractivity contribution in [3.05, 3.63) is 88.2 Å². The van der Waals surface area contributed by atoms with E-state index in [1.54, 1.807) is 12.3 Å². The summed E-state index contributed by atoms with van der Waals surface area (Å²) in [4.78, 5) is 27.1. The number of rotatable bonds is 6. The number of hydrogen-bond donors (Lipinski definition) is 2. The van der Waals surface area contributed by atoms with E-state index in [0.717, 1.165) is 41.2 Å². The molecule has 1 aliphatic carbocycles. The minimum Gasteiger partial charge on any atom is -0.467 e. The Balaban J connectivity index is 1.36. The summed E-state index contributed by atoms with van der Waals surface area (Å²) in [7, 11) is 0. The van der Waals surface area contributed by atoms with Crippen LogP contribution in [0.1, 0.15) is 38.5 Å². The minimum atomic E-state index is -0.170. The number of anilines is 1. The van der Waals surface area contributed by atoms with Gasteiger partial charge in [0.15, 0.2) is 0 Å². The maximum Gasteiger partial charge on any atom is 0.254 e. The van der Waals surface area contributed by atoms with Gasteiger partial charge in [-0.15, -0.1) is 11.3 Å². The number of aryl methyl sites for hydroxylation is 1. The number of benzene rings is 2. The summed E-state index contributed by atoms with van der Waals surface area (Å²) in [6, 6.07) is 17.7. The van der Waals surface area contributed by atoms with Crippen LogP contribution in [0.5, 0.6) is 0 Å². The smallest absolute Gasteiger partial charge is 0.254 e. The highest BCUT2D eigenvalue weighted by molar-refractivity contribution is 7.17. The van der Waals surface area contributed by atoms with Crippen molar-refractivity contribution in [2.75, 3.05) is 5.32 Å². The van der Waals surface area contributed by atoms with E-state index in [9.17, 15) is 9.59 Å². The molecule has 5 rings (SSSR count). The van der Waals surface area contributed by atoms with Gasteiger partial charge in [0.25, 0.3) is 5.91 Å². The fraction of sp³-hybridized carbons (Fsp3) is 0.200. The summed E-state index contributed by atoms with van der Waals surface area (Å²) >= 11 is 1.53. The molecule has 0 aliphatic heterocycles. The van der Waals surface area contributed by atoms with Crippen LogP contribution in [-0.4, -0.2) is 11.8 Å². The van der Waals surface area contributed by atoms with E-state index in [1.165, 1.54) is 16.2 Å². The molecule has 0 spiro atoms. The molecular formula is C25H22N2O3S. The number of furan rings is 1. The van der Waals surface area contributed by atoms with Crippen LogP contribution < -0.4 is 10.6 Å². The SMILES string of the molecule is O=C(Cc1cccc2ccccc12)Nc1sc2c(c1C(=O)NCc1ccco1)CCC2. The van der Waals surface area contributed by atoms with Gasteiger partial charge in [-0.1, -0.05) is 42.5 Å². The normalized spacial score (nSPS) is 12.6. The van der Waals surface area contributed by atoms with Crippen LogP contribution in [-0.2, 0) is 30.6 Å². The van der Waals surface area contributed by atoms with Crippen molar-refractivity contribution in [3.8, 4) is 0 Å². The maximum absolute atomic E-state index is 13.0. The second-order valence-corrected chi connectivity index (χ2v) is 8.79. The van der Waals surface area contributed by atoms with Gasteiger partial charge in [0.1, 0.15) is 10.8 Å². The fourth-order valence-electron chi connectivity index (χ4n) is 4.19. The molecule has 2 aromatic heterocycles. The first-order valence-electron chi connectivity index (χ1n) is 10.4. The molecule has 2 heterocycles. The van der Waals surface area contributed by atoms with E-state index in [-0.39, 0.29) is 18.2 Å². The number of thiophene rings is 1. The first-order valence-corrected chi connectivity index (χ1v) is 11.2. The predicted octanol–water partition coefficient (Wildman–Crippen LogP) is 5.09. The third-order valence-corrected chi connectivity index (χ3v) is 6.84. The first kappa shape index (κ1) is 19.6. The number of fused-ring (bicyclic) bond motifs is 2. The number of nitrogens with one attached hydrogen (secondary N) is 2. The molecule has 2 N–H and O–H groups in total. The molecular weight excluding hydrogens is 408 g/mol. The fourth-order valence-corrected chi connectivity index (χ4v) is 5.49. The van der Waals surface area contributed by atoms with Crippen molar-refractivity contribution in [3.63, 3.8) is 0 Å². The Morgan fingerprint density at radius 3 is 2.74 bits per heavy atom. The molecule has 0 bridgehead atoms. The third-order valence-electron chi connectivity index (χ3n) is 5.64. The van der Waals surface area contributed by atoms with Gasteiger partial charge in [-0.3, -0.25) is 9.59 Å². The average molecular weight is 431 g/mol. The molecule has 2 aromatic carbocycles. The zero-order valence-corrected chi connectivity index (χ0v) is 17.8. The van der Waals surface area contributed by atoms with Crippen molar-refractivity contribution >= 4 is 38.9 Å². The van der Waals surface area contributed by atoms with E-state index in [4.69, 9.17) is 4.42 Å². The summed E-state index contributed by atoms with van der Waals surface area (Å²) in [6.45, 7) is 0.319. The summed E-state index contributed by atoms with van der Waals surface area (Å²) < 4.78 is 5.31. The lowest BCUT2D eigenvalue weighted by molar-refractivity contribution is -0.115. The Morgan fingerprint density at radius 2 is 1.87 bits per heavy atom. The Bertz CT molecular complexity index is 1250. The molecule has 0 fully saturated rings. The van der Waals surface area contributed by atoms with E-state index in [2.05, 4.69) is 10.6 Å². The van der Waals surface area contributed by atoms with Gasteiger partial charge >= 0.3 is 0 Å². The molecule has 0 saturated carbocycles. The van der Waals surface area contributed by atoms with Gasteiger partial charge in [-0.05, 0) is 53.3 Å². The average Bonchev–Trinajstić information content (AvgIpc) is 3.50. The second kappa shape index (κ2) is 8.40. The van der Waals surface area contributed by atoms with E-state index < -0.39 is 0 Å². The molecule has 0 radical (unpaired) electrons. The number of hydrogen-bond acceptors (Lipinski definition) is 4. The van der Waals surface area contributed by atoms with E-state index in [1.807, 2.05) is 48.5 Å². The highest BCUT2D eigenvalue weighted by Crippen LogP contribution is 2.39. The zero-order chi connectivity index (χ0) is 21.2. The highest BCUT2D eigenvalue weighted by Gasteiger charge is 2.27. The number of amides is 2. The van der Waals surface area contributed by atoms with Crippen LogP contribution in [0.4, 0.5) is 5.00 Å². The van der Waals surface area contributed by atoms with E-state index >= 15 is 0 Å². The van der Waals surface area contributed by atoms with Gasteiger partial charge in [0.2, 0.25) is 5.91 Å². The van der Waals surface area contributed by atoms with Crippen molar-refractivity contribution in [1.82, 2.24) is 5.32 Å². The van der Waals surface area contributed by atoms with Crippen LogP contribution in [0, 0.1) is 0 Å². The van der Waals surface area contributed by atoms with Gasteiger partial charge in [-0.25, -0.2) is 0 Å². The van der Waals surface area contributed by atoms with Crippen molar-refractivity contribution in [2.45, 2.75) is 32.2 Å². The monoisotopic (exact) mass is 430 g/mol. The summed E-state index contributed by atoms with van der Waals surface area (Å²) in [5.41, 5.74) is 2.65. The Kier molecular flexibility index (Phi) is 5.30. The summed E-state index contributed by atoms with van der Waals surface area (Å²) in [5, 5.41) is 8.78. The largest absolute Gasteiger partial charge is 0.467 e. The van der Waals surface area contributed by atoms with Crippen molar-refractivity contribution in [1.29, 1.82) is 0 Å². The van der Waals surface area contributed by atoms with Gasteiger partial charge < -0.3 is 15.1 Å². The lowest BCUT2D eigenvalue weighted by Gasteiger charge is -2.10. The lowest BCUT2D eigenvalue weighted by atomic mass is 10.0. The van der Waals surface area contributed by atoms with E-state index in [0.29, 0.717) is 22.9 Å². The third kappa shape index (κ3) is 3.99. The second-order valence-electron chi connectivity index (χ2n) is 7.69. The standard InChI is InChI=1S/C25H22N2O3S/c28-22(14-17-8-3-7-16-6-1-2-10-19(16)17)27-25-23(20-11-4-12-21(20)31-25)24(29)26-15-18-9-5-13-30-18/h1-3,5-10,13H,4,11-12,14-15H2,(H,26,29)(H,27,28). The molecule has 0 atom stereocenters. The molecule has 5 nitrogen and oxygen atoms in total. The molecule has 2 amide bonds. The molecule has 6 heteroatoms. The zero-order valence-electron chi connectivity index (χ0n) is 16.9. The van der Waals surface area contributed by atoms with Crippen LogP contribution in [0.2, 0.25) is 0 Å². The minimum absolute atomic E-state index is 0.114. The van der Waals surface area contributed by atoms with Crippen LogP contribution in [0.15, 0.2) is 65.3 Å². The number of carbonyl (C=O) groups excluding carboxylic acids is 2. The molecule has 4 aromatic rings. The highest BCUT2D eigenvalue weighted by atomic mass is 32.1. The summed E-state index contributed by atoms with van der Waals surface area (Å²) in [5.74, 6) is 0.411. The quantitative estimate of drug-likeness (QED) is 0.447. The predicted molar refractivity (Wildman–Crippen MR) is 123 cm³/mol. The summed E-state index contributed by atoms with van der Waals surface area (Å²) in [6.07, 6.45) is 4.72. The first-order chi connectivity index (χ1) is 15.2. The van der Waals surface area contributed by atoms with Crippen LogP contribution in [0.25, 0.3) is 10.8 Å². The van der Waals surface area contributed by atoms with Crippen molar-refractivity contribution in [2.24, 2.45) is 0 Å². The van der Waals surface area contributed by atoms with Crippen LogP contribution >= 0.6 is 11.3 Å². The van der Waals surface area contributed by atoms with Crippen molar-refractivity contribution < 1.29 is 14.0 Å². The maximum atomic E-state index is 13.0. The number of carbonyl (C=O) groups is 2. The van der Waals surface area contributed by atoms with Gasteiger partial charge in [-0.2, -0.15) is 0 Å². The Morgan fingerprint density at radius 1 is 1.00 bits per heavy atom. The Labute approximate surface area is 184 Å². The molecule has 156 valence electrons.